The van der Waals surface area contributed by atoms with Gasteiger partial charge in [-0.05, 0) is 33.6 Å². The highest BCUT2D eigenvalue weighted by Gasteiger charge is 2.29. The van der Waals surface area contributed by atoms with Crippen LogP contribution in [0.25, 0.3) is 0 Å². The largest absolute Gasteiger partial charge is 0.480 e. The Kier molecular flexibility index (Phi) is 11.0. The molecule has 27 heavy (non-hydrogen) atoms. The molecule has 3 atom stereocenters. The molecule has 0 spiro atoms. The summed E-state index contributed by atoms with van der Waals surface area (Å²) >= 11 is 0. The lowest BCUT2D eigenvalue weighted by atomic mass is 10.00. The van der Waals surface area contributed by atoms with Gasteiger partial charge in [0.1, 0.15) is 5.60 Å². The van der Waals surface area contributed by atoms with Crippen molar-refractivity contribution in [2.45, 2.75) is 58.0 Å². The second kappa shape index (κ2) is 11.8. The molecule has 0 rings (SSSR count). The fraction of sp³-hybridized carbons (Fsp3) is 0.812. The summed E-state index contributed by atoms with van der Waals surface area (Å²) in [4.78, 5) is 35.0. The van der Waals surface area contributed by atoms with Gasteiger partial charge in [-0.2, -0.15) is 8.78 Å². The molecular weight excluding hydrogens is 372 g/mol. The van der Waals surface area contributed by atoms with Gasteiger partial charge >= 0.3 is 18.6 Å². The Morgan fingerprint density at radius 2 is 1.70 bits per heavy atom. The minimum atomic E-state index is -3.13. The number of amides is 1. The highest BCUT2D eigenvalue weighted by Crippen LogP contribution is 2.15. The molecule has 0 aliphatic heterocycles. The summed E-state index contributed by atoms with van der Waals surface area (Å²) < 4.78 is 38.4. The van der Waals surface area contributed by atoms with Crippen molar-refractivity contribution in [2.24, 2.45) is 5.92 Å². The van der Waals surface area contributed by atoms with Gasteiger partial charge < -0.3 is 29.7 Å². The van der Waals surface area contributed by atoms with Crippen LogP contribution in [0.2, 0.25) is 0 Å². The van der Waals surface area contributed by atoms with E-state index in [0.29, 0.717) is 0 Å². The zero-order valence-electron chi connectivity index (χ0n) is 15.7. The number of alkyl halides is 2. The lowest BCUT2D eigenvalue weighted by Gasteiger charge is -2.23. The van der Waals surface area contributed by atoms with Crippen LogP contribution in [0, 0.1) is 5.92 Å². The monoisotopic (exact) mass is 399 g/mol. The van der Waals surface area contributed by atoms with E-state index in [1.807, 2.05) is 0 Å². The number of aliphatic hydroxyl groups is 1. The molecule has 0 fully saturated rings. The van der Waals surface area contributed by atoms with E-state index in [1.54, 1.807) is 20.8 Å². The van der Waals surface area contributed by atoms with E-state index in [1.165, 1.54) is 7.11 Å². The summed E-state index contributed by atoms with van der Waals surface area (Å²) in [6.45, 7) is 0.628. The van der Waals surface area contributed by atoms with Crippen LogP contribution >= 0.6 is 0 Å². The molecule has 0 saturated carbocycles. The van der Waals surface area contributed by atoms with Crippen LogP contribution in [0.5, 0.6) is 0 Å². The smallest absolute Gasteiger partial charge is 0.345 e. The summed E-state index contributed by atoms with van der Waals surface area (Å²) in [7, 11) is 1.23. The molecule has 0 bridgehead atoms. The van der Waals surface area contributed by atoms with Crippen molar-refractivity contribution in [3.63, 3.8) is 0 Å². The number of halogens is 2. The van der Waals surface area contributed by atoms with Crippen LogP contribution in [0.15, 0.2) is 0 Å². The maximum atomic E-state index is 12.3. The SMILES string of the molecule is COC[C@H](NC(=O)C(CC[C@@H](O)C(=O)OC(C)(C)C)COC(F)F)C(=O)O. The maximum Gasteiger partial charge on any atom is 0.345 e. The zero-order valence-corrected chi connectivity index (χ0v) is 15.7. The van der Waals surface area contributed by atoms with Crippen molar-refractivity contribution < 1.29 is 47.6 Å². The Morgan fingerprint density at radius 3 is 2.15 bits per heavy atom. The fourth-order valence-electron chi connectivity index (χ4n) is 1.96. The first-order valence-corrected chi connectivity index (χ1v) is 8.20. The van der Waals surface area contributed by atoms with Crippen LogP contribution in [-0.4, -0.2) is 72.7 Å². The van der Waals surface area contributed by atoms with Gasteiger partial charge in [0.05, 0.1) is 19.1 Å². The number of methoxy groups -OCH3 is 1. The zero-order chi connectivity index (χ0) is 21.2. The maximum absolute atomic E-state index is 12.3. The normalized spacial score (nSPS) is 15.1. The van der Waals surface area contributed by atoms with Gasteiger partial charge in [0.15, 0.2) is 12.1 Å². The Balaban J connectivity index is 4.90. The highest BCUT2D eigenvalue weighted by molar-refractivity contribution is 5.85. The molecule has 0 heterocycles. The number of hydrogen-bond acceptors (Lipinski definition) is 7. The molecule has 158 valence electrons. The van der Waals surface area contributed by atoms with Gasteiger partial charge in [-0.25, -0.2) is 9.59 Å². The first kappa shape index (κ1) is 25.1. The number of carboxylic acid groups (broad SMARTS) is 1. The van der Waals surface area contributed by atoms with Gasteiger partial charge in [-0.15, -0.1) is 0 Å². The lowest BCUT2D eigenvalue weighted by molar-refractivity contribution is -0.166. The van der Waals surface area contributed by atoms with Gasteiger partial charge in [-0.1, -0.05) is 0 Å². The van der Waals surface area contributed by atoms with Crippen LogP contribution in [0.1, 0.15) is 33.6 Å². The van der Waals surface area contributed by atoms with E-state index in [4.69, 9.17) is 9.84 Å². The van der Waals surface area contributed by atoms with Crippen molar-refractivity contribution in [3.8, 4) is 0 Å². The Hall–Kier alpha value is -1.85. The van der Waals surface area contributed by atoms with E-state index in [9.17, 15) is 28.3 Å². The van der Waals surface area contributed by atoms with Crippen molar-refractivity contribution in [2.75, 3.05) is 20.3 Å². The number of rotatable bonds is 12. The molecule has 1 unspecified atom stereocenters. The van der Waals surface area contributed by atoms with Crippen molar-refractivity contribution in [3.05, 3.63) is 0 Å². The molecule has 0 aromatic rings. The molecule has 0 aliphatic rings. The van der Waals surface area contributed by atoms with Crippen molar-refractivity contribution >= 4 is 17.8 Å². The molecule has 0 aromatic carbocycles. The predicted molar refractivity (Wildman–Crippen MR) is 88.0 cm³/mol. The molecule has 0 saturated heterocycles. The topological polar surface area (TPSA) is 131 Å². The van der Waals surface area contributed by atoms with Gasteiger partial charge in [0.2, 0.25) is 5.91 Å². The molecule has 0 radical (unpaired) electrons. The molecule has 3 N–H and O–H groups in total. The number of carbonyl (C=O) groups excluding carboxylic acids is 2. The second-order valence-electron chi connectivity index (χ2n) is 6.77. The number of ether oxygens (including phenoxy) is 3. The fourth-order valence-corrected chi connectivity index (χ4v) is 1.96. The first-order valence-electron chi connectivity index (χ1n) is 8.20. The Labute approximate surface area is 156 Å². The number of nitrogens with one attached hydrogen (secondary N) is 1. The quantitative estimate of drug-likeness (QED) is 0.405. The minimum Gasteiger partial charge on any atom is -0.480 e. The van der Waals surface area contributed by atoms with Gasteiger partial charge in [0, 0.05) is 7.11 Å². The third-order valence-electron chi connectivity index (χ3n) is 3.21. The van der Waals surface area contributed by atoms with Crippen LogP contribution in [-0.2, 0) is 28.6 Å². The van der Waals surface area contributed by atoms with E-state index < -0.39 is 54.7 Å². The third kappa shape index (κ3) is 11.5. The number of hydrogen-bond donors (Lipinski definition) is 3. The molecule has 0 aromatic heterocycles. The number of carbonyl (C=O) groups is 3. The number of aliphatic hydroxyl groups excluding tert-OH is 1. The summed E-state index contributed by atoms with van der Waals surface area (Å²) in [5.41, 5.74) is -0.831. The van der Waals surface area contributed by atoms with E-state index in [2.05, 4.69) is 14.8 Å². The molecular formula is C16H27F2NO8. The van der Waals surface area contributed by atoms with E-state index in [-0.39, 0.29) is 19.4 Å². The average Bonchev–Trinajstić information content (AvgIpc) is 2.51. The highest BCUT2D eigenvalue weighted by atomic mass is 19.3. The first-order chi connectivity index (χ1) is 12.4. The van der Waals surface area contributed by atoms with Crippen LogP contribution in [0.3, 0.4) is 0 Å². The summed E-state index contributed by atoms with van der Waals surface area (Å²) in [6.07, 6.45) is -2.04. The molecule has 11 heteroatoms. The molecule has 9 nitrogen and oxygen atoms in total. The standard InChI is InChI=1S/C16H27F2NO8/c1-16(2,3)27-14(24)11(20)6-5-9(7-26-15(17)18)12(21)19-10(8-25-4)13(22)23/h9-11,15,20H,5-8H2,1-4H3,(H,19,21)(H,22,23)/t9?,10-,11+/m0/s1. The summed E-state index contributed by atoms with van der Waals surface area (Å²) in [5, 5.41) is 21.0. The number of esters is 1. The predicted octanol–water partition coefficient (Wildman–Crippen LogP) is 0.540. The van der Waals surface area contributed by atoms with E-state index in [0.717, 1.165) is 0 Å². The Bertz CT molecular complexity index is 495. The van der Waals surface area contributed by atoms with Gasteiger partial charge in [0.25, 0.3) is 0 Å². The summed E-state index contributed by atoms with van der Waals surface area (Å²) in [5.74, 6) is -4.38. The van der Waals surface area contributed by atoms with Crippen LogP contribution in [0.4, 0.5) is 8.78 Å². The van der Waals surface area contributed by atoms with Crippen LogP contribution < -0.4 is 5.32 Å². The molecule has 0 aliphatic carbocycles. The number of aliphatic carboxylic acids is 1. The molecule has 1 amide bonds. The van der Waals surface area contributed by atoms with Crippen molar-refractivity contribution in [1.82, 2.24) is 5.32 Å². The summed E-state index contributed by atoms with van der Waals surface area (Å²) in [6, 6.07) is -1.38. The van der Waals surface area contributed by atoms with Crippen molar-refractivity contribution in [1.29, 1.82) is 0 Å². The number of carboxylic acids is 1. The average molecular weight is 399 g/mol. The third-order valence-corrected chi connectivity index (χ3v) is 3.21. The Morgan fingerprint density at radius 1 is 1.11 bits per heavy atom. The lowest BCUT2D eigenvalue weighted by Crippen LogP contribution is -2.47. The van der Waals surface area contributed by atoms with E-state index >= 15 is 0 Å². The minimum absolute atomic E-state index is 0.210. The van der Waals surface area contributed by atoms with Gasteiger partial charge in [-0.3, -0.25) is 4.79 Å². The second-order valence-corrected chi connectivity index (χ2v) is 6.77.